The van der Waals surface area contributed by atoms with Crippen molar-refractivity contribution >= 4 is 23.4 Å². The Hall–Kier alpha value is -2.31. The normalized spacial score (nSPS) is 17.7. The van der Waals surface area contributed by atoms with Crippen LogP contribution in [0.4, 0.5) is 11.5 Å². The highest BCUT2D eigenvalue weighted by Crippen LogP contribution is 2.33. The molecule has 1 aliphatic heterocycles. The Bertz CT molecular complexity index is 518. The minimum Gasteiger partial charge on any atom is -0.477 e. The second-order valence-electron chi connectivity index (χ2n) is 4.08. The van der Waals surface area contributed by atoms with Gasteiger partial charge in [-0.2, -0.15) is 0 Å². The van der Waals surface area contributed by atoms with E-state index < -0.39 is 12.1 Å². The molecule has 2 heterocycles. The van der Waals surface area contributed by atoms with Crippen LogP contribution in [0.3, 0.4) is 0 Å². The molecule has 0 radical (unpaired) electrons. The van der Waals surface area contributed by atoms with Gasteiger partial charge in [-0.3, -0.25) is 14.5 Å². The van der Waals surface area contributed by atoms with Crippen molar-refractivity contribution in [1.82, 2.24) is 4.98 Å². The number of fused-ring (bicyclic) bond motifs is 1. The first-order chi connectivity index (χ1) is 9.02. The van der Waals surface area contributed by atoms with Gasteiger partial charge in [0.25, 0.3) is 5.91 Å². The third kappa shape index (κ3) is 2.59. The number of esters is 1. The molecular weight excluding hydrogens is 250 g/mol. The second kappa shape index (κ2) is 5.13. The molecule has 19 heavy (non-hydrogen) atoms. The zero-order valence-corrected chi connectivity index (χ0v) is 10.8. The van der Waals surface area contributed by atoms with E-state index in [0.29, 0.717) is 11.4 Å². The Balaban J connectivity index is 2.31. The molecule has 1 aromatic rings. The molecule has 0 aromatic carbocycles. The van der Waals surface area contributed by atoms with Gasteiger partial charge in [-0.05, 0) is 13.8 Å². The van der Waals surface area contributed by atoms with Gasteiger partial charge in [0, 0.05) is 6.07 Å². The van der Waals surface area contributed by atoms with Gasteiger partial charge >= 0.3 is 5.97 Å². The molecule has 1 aromatic heterocycles. The number of aromatic nitrogens is 1. The molecule has 0 saturated carbocycles. The fourth-order valence-corrected chi connectivity index (χ4v) is 1.80. The highest BCUT2D eigenvalue weighted by atomic mass is 16.5. The molecule has 0 bridgehead atoms. The van der Waals surface area contributed by atoms with Gasteiger partial charge in [-0.15, -0.1) is 0 Å². The highest BCUT2D eigenvalue weighted by Gasteiger charge is 2.34. The molecule has 7 heteroatoms. The molecule has 7 nitrogen and oxygen atoms in total. The number of rotatable bonds is 3. The van der Waals surface area contributed by atoms with Crippen molar-refractivity contribution in [3.8, 4) is 5.75 Å². The molecule has 0 aliphatic carbocycles. The van der Waals surface area contributed by atoms with Gasteiger partial charge in [0.1, 0.15) is 6.54 Å². The predicted octanol–water partition coefficient (Wildman–Crippen LogP) is 0.341. The van der Waals surface area contributed by atoms with Crippen molar-refractivity contribution in [3.63, 3.8) is 0 Å². The van der Waals surface area contributed by atoms with E-state index in [0.717, 1.165) is 0 Å². The number of carbonyl (C=O) groups excluding carboxylic acids is 2. The maximum Gasteiger partial charge on any atom is 0.326 e. The molecule has 102 valence electrons. The van der Waals surface area contributed by atoms with Crippen molar-refractivity contribution in [2.24, 2.45) is 0 Å². The minimum absolute atomic E-state index is 0.190. The first-order valence-corrected chi connectivity index (χ1v) is 5.92. The smallest absolute Gasteiger partial charge is 0.326 e. The maximum atomic E-state index is 12.0. The monoisotopic (exact) mass is 265 g/mol. The predicted molar refractivity (Wildman–Crippen MR) is 67.7 cm³/mol. The second-order valence-corrected chi connectivity index (χ2v) is 4.08. The van der Waals surface area contributed by atoms with Crippen LogP contribution in [0.25, 0.3) is 0 Å². The third-order valence-electron chi connectivity index (χ3n) is 2.62. The Morgan fingerprint density at radius 1 is 1.63 bits per heavy atom. The lowest BCUT2D eigenvalue weighted by Gasteiger charge is -2.31. The number of hydrogen-bond donors (Lipinski definition) is 1. The Kier molecular flexibility index (Phi) is 3.55. The molecule has 0 fully saturated rings. The largest absolute Gasteiger partial charge is 0.477 e. The van der Waals surface area contributed by atoms with E-state index in [1.165, 1.54) is 11.1 Å². The van der Waals surface area contributed by atoms with E-state index in [1.807, 2.05) is 0 Å². The van der Waals surface area contributed by atoms with Crippen LogP contribution >= 0.6 is 0 Å². The average molecular weight is 265 g/mol. The van der Waals surface area contributed by atoms with Gasteiger partial charge in [0.2, 0.25) is 0 Å². The topological polar surface area (TPSA) is 94.8 Å². The number of hydrogen-bond acceptors (Lipinski definition) is 6. The molecule has 1 atom stereocenters. The summed E-state index contributed by atoms with van der Waals surface area (Å²) >= 11 is 0. The Morgan fingerprint density at radius 3 is 3.05 bits per heavy atom. The summed E-state index contributed by atoms with van der Waals surface area (Å²) in [5, 5.41) is 0. The van der Waals surface area contributed by atoms with Crippen LogP contribution in [-0.4, -0.2) is 36.1 Å². The average Bonchev–Trinajstić information content (AvgIpc) is 2.35. The summed E-state index contributed by atoms with van der Waals surface area (Å²) in [5.74, 6) is -0.158. The van der Waals surface area contributed by atoms with E-state index in [-0.39, 0.29) is 24.9 Å². The first-order valence-electron chi connectivity index (χ1n) is 5.92. The maximum absolute atomic E-state index is 12.0. The third-order valence-corrected chi connectivity index (χ3v) is 2.62. The molecule has 0 saturated heterocycles. The summed E-state index contributed by atoms with van der Waals surface area (Å²) in [6, 6.07) is 1.57. The minimum atomic E-state index is -0.689. The number of nitrogens with two attached hydrogens (primary N) is 1. The lowest BCUT2D eigenvalue weighted by Crippen LogP contribution is -2.47. The van der Waals surface area contributed by atoms with Gasteiger partial charge in [-0.1, -0.05) is 0 Å². The SMILES string of the molecule is CCOC(=O)CN1C(=O)C(C)Oc2cc(N)cnc21. The van der Waals surface area contributed by atoms with Crippen LogP contribution in [0.1, 0.15) is 13.8 Å². The number of amides is 1. The van der Waals surface area contributed by atoms with Crippen molar-refractivity contribution in [3.05, 3.63) is 12.3 Å². The van der Waals surface area contributed by atoms with Crippen LogP contribution in [0.2, 0.25) is 0 Å². The van der Waals surface area contributed by atoms with Crippen molar-refractivity contribution in [2.45, 2.75) is 20.0 Å². The molecule has 1 unspecified atom stereocenters. The molecule has 2 N–H and O–H groups in total. The summed E-state index contributed by atoms with van der Waals surface area (Å²) in [4.78, 5) is 28.9. The molecule has 0 spiro atoms. The standard InChI is InChI=1S/C12H15N3O4/c1-3-18-10(16)6-15-11-9(4-8(13)5-14-11)19-7(2)12(15)17/h4-5,7H,3,6,13H2,1-2H3. The number of pyridine rings is 1. The molecule has 2 rings (SSSR count). The van der Waals surface area contributed by atoms with E-state index in [4.69, 9.17) is 15.2 Å². The Morgan fingerprint density at radius 2 is 2.37 bits per heavy atom. The highest BCUT2D eigenvalue weighted by molar-refractivity contribution is 6.02. The van der Waals surface area contributed by atoms with Crippen LogP contribution in [0.5, 0.6) is 5.75 Å². The molecule has 1 aliphatic rings. The van der Waals surface area contributed by atoms with Crippen LogP contribution in [0, 0.1) is 0 Å². The van der Waals surface area contributed by atoms with Crippen molar-refractivity contribution in [2.75, 3.05) is 23.8 Å². The number of nitrogens with zero attached hydrogens (tertiary/aromatic N) is 2. The van der Waals surface area contributed by atoms with Crippen LogP contribution in [0.15, 0.2) is 12.3 Å². The van der Waals surface area contributed by atoms with E-state index in [2.05, 4.69) is 4.98 Å². The fraction of sp³-hybridized carbons (Fsp3) is 0.417. The summed E-state index contributed by atoms with van der Waals surface area (Å²) in [5.41, 5.74) is 6.05. The van der Waals surface area contributed by atoms with Gasteiger partial charge in [0.05, 0.1) is 18.5 Å². The Labute approximate surface area is 110 Å². The lowest BCUT2D eigenvalue weighted by atomic mass is 10.2. The van der Waals surface area contributed by atoms with Gasteiger partial charge in [-0.25, -0.2) is 4.98 Å². The lowest BCUT2D eigenvalue weighted by molar-refractivity contribution is -0.143. The number of nitrogen functional groups attached to an aromatic ring is 1. The zero-order valence-electron chi connectivity index (χ0n) is 10.8. The van der Waals surface area contributed by atoms with Crippen LogP contribution < -0.4 is 15.4 Å². The first kappa shape index (κ1) is 13.1. The summed E-state index contributed by atoms with van der Waals surface area (Å²) < 4.78 is 10.3. The molecule has 1 amide bonds. The van der Waals surface area contributed by atoms with Crippen molar-refractivity contribution in [1.29, 1.82) is 0 Å². The summed E-state index contributed by atoms with van der Waals surface area (Å²) in [6.07, 6.45) is 0.717. The van der Waals surface area contributed by atoms with Crippen LogP contribution in [-0.2, 0) is 14.3 Å². The summed E-state index contributed by atoms with van der Waals surface area (Å²) in [6.45, 7) is 3.38. The number of carbonyl (C=O) groups is 2. The fourth-order valence-electron chi connectivity index (χ4n) is 1.80. The van der Waals surface area contributed by atoms with Gasteiger partial charge < -0.3 is 15.2 Å². The zero-order chi connectivity index (χ0) is 14.0. The number of anilines is 2. The van der Waals surface area contributed by atoms with Gasteiger partial charge in [0.15, 0.2) is 17.7 Å². The quantitative estimate of drug-likeness (QED) is 0.792. The van der Waals surface area contributed by atoms with E-state index in [9.17, 15) is 9.59 Å². The van der Waals surface area contributed by atoms with E-state index >= 15 is 0 Å². The summed E-state index contributed by atoms with van der Waals surface area (Å²) in [7, 11) is 0. The van der Waals surface area contributed by atoms with Crippen molar-refractivity contribution < 1.29 is 19.1 Å². The van der Waals surface area contributed by atoms with E-state index in [1.54, 1.807) is 19.9 Å². The number of ether oxygens (including phenoxy) is 2. The molecular formula is C12H15N3O4.